The lowest BCUT2D eigenvalue weighted by molar-refractivity contribution is -0.153. The molecule has 0 spiro atoms. The van der Waals surface area contributed by atoms with E-state index in [4.69, 9.17) is 4.74 Å². The number of carbonyl (C=O) groups excluding carboxylic acids is 1. The summed E-state index contributed by atoms with van der Waals surface area (Å²) in [5.74, 6) is 0.859. The first-order valence-corrected chi connectivity index (χ1v) is 9.22. The number of benzene rings is 2. The SMILES string of the molecule is CCC(NC(=O)NC(C)c1ccc(OCC(F)(F)F)cc1)c1ccc(OC)cc1. The fourth-order valence-electron chi connectivity index (χ4n) is 2.76. The van der Waals surface area contributed by atoms with Crippen LogP contribution in [0.25, 0.3) is 0 Å². The fourth-order valence-corrected chi connectivity index (χ4v) is 2.76. The van der Waals surface area contributed by atoms with Crippen molar-refractivity contribution < 1.29 is 27.4 Å². The van der Waals surface area contributed by atoms with Gasteiger partial charge in [-0.2, -0.15) is 13.2 Å². The maximum atomic E-state index is 12.4. The van der Waals surface area contributed by atoms with Gasteiger partial charge in [-0.25, -0.2) is 4.79 Å². The Morgan fingerprint density at radius 1 is 0.966 bits per heavy atom. The minimum Gasteiger partial charge on any atom is -0.497 e. The van der Waals surface area contributed by atoms with Crippen LogP contribution in [-0.4, -0.2) is 25.9 Å². The lowest BCUT2D eigenvalue weighted by Gasteiger charge is -2.21. The largest absolute Gasteiger partial charge is 0.497 e. The van der Waals surface area contributed by atoms with Crippen LogP contribution in [0.1, 0.15) is 43.5 Å². The van der Waals surface area contributed by atoms with E-state index >= 15 is 0 Å². The van der Waals surface area contributed by atoms with E-state index in [1.165, 1.54) is 12.1 Å². The number of rotatable bonds is 8. The van der Waals surface area contributed by atoms with Crippen LogP contribution in [0.5, 0.6) is 11.5 Å². The van der Waals surface area contributed by atoms with Crippen molar-refractivity contribution in [3.8, 4) is 11.5 Å². The summed E-state index contributed by atoms with van der Waals surface area (Å²) in [6.07, 6.45) is -3.68. The molecule has 0 aliphatic heterocycles. The molecule has 0 bridgehead atoms. The molecule has 5 nitrogen and oxygen atoms in total. The van der Waals surface area contributed by atoms with Crippen LogP contribution in [0.3, 0.4) is 0 Å². The zero-order valence-corrected chi connectivity index (χ0v) is 16.5. The lowest BCUT2D eigenvalue weighted by atomic mass is 10.0. The number of methoxy groups -OCH3 is 1. The molecule has 2 atom stereocenters. The summed E-state index contributed by atoms with van der Waals surface area (Å²) in [6, 6.07) is 12.8. The molecule has 0 aliphatic carbocycles. The topological polar surface area (TPSA) is 59.6 Å². The zero-order chi connectivity index (χ0) is 21.4. The first kappa shape index (κ1) is 22.4. The maximum absolute atomic E-state index is 12.4. The van der Waals surface area contributed by atoms with Gasteiger partial charge in [0.15, 0.2) is 6.61 Å². The van der Waals surface area contributed by atoms with Crippen LogP contribution in [0, 0.1) is 0 Å². The number of halogens is 3. The zero-order valence-electron chi connectivity index (χ0n) is 16.5. The average Bonchev–Trinajstić information content (AvgIpc) is 2.70. The molecule has 0 aliphatic rings. The Balaban J connectivity index is 1.91. The summed E-state index contributed by atoms with van der Waals surface area (Å²) in [5, 5.41) is 5.76. The molecule has 2 N–H and O–H groups in total. The molecule has 29 heavy (non-hydrogen) atoms. The van der Waals surface area contributed by atoms with Crippen molar-refractivity contribution >= 4 is 6.03 Å². The minimum atomic E-state index is -4.38. The van der Waals surface area contributed by atoms with Gasteiger partial charge in [-0.05, 0) is 48.7 Å². The maximum Gasteiger partial charge on any atom is 0.422 e. The van der Waals surface area contributed by atoms with E-state index in [1.807, 2.05) is 31.2 Å². The van der Waals surface area contributed by atoms with Gasteiger partial charge in [-0.15, -0.1) is 0 Å². The van der Waals surface area contributed by atoms with E-state index < -0.39 is 12.8 Å². The third-order valence-electron chi connectivity index (χ3n) is 4.36. The monoisotopic (exact) mass is 410 g/mol. The summed E-state index contributed by atoms with van der Waals surface area (Å²) in [7, 11) is 1.59. The number of hydrogen-bond donors (Lipinski definition) is 2. The number of urea groups is 1. The molecule has 2 unspecified atom stereocenters. The van der Waals surface area contributed by atoms with Crippen molar-refractivity contribution in [2.45, 2.75) is 38.5 Å². The van der Waals surface area contributed by atoms with Gasteiger partial charge in [0.2, 0.25) is 0 Å². The van der Waals surface area contributed by atoms with Gasteiger partial charge in [-0.3, -0.25) is 0 Å². The highest BCUT2D eigenvalue weighted by Gasteiger charge is 2.28. The second-order valence-electron chi connectivity index (χ2n) is 6.55. The average molecular weight is 410 g/mol. The van der Waals surface area contributed by atoms with Gasteiger partial charge in [-0.1, -0.05) is 31.2 Å². The van der Waals surface area contributed by atoms with Crippen LogP contribution in [-0.2, 0) is 0 Å². The summed E-state index contributed by atoms with van der Waals surface area (Å²) < 4.78 is 46.4. The van der Waals surface area contributed by atoms with Gasteiger partial charge in [0.1, 0.15) is 11.5 Å². The first-order valence-electron chi connectivity index (χ1n) is 9.22. The van der Waals surface area contributed by atoms with Crippen LogP contribution < -0.4 is 20.1 Å². The smallest absolute Gasteiger partial charge is 0.422 e. The van der Waals surface area contributed by atoms with E-state index in [-0.39, 0.29) is 23.9 Å². The van der Waals surface area contributed by atoms with Crippen molar-refractivity contribution in [3.63, 3.8) is 0 Å². The molecular formula is C21H25F3N2O3. The molecule has 2 aromatic rings. The minimum absolute atomic E-state index is 0.119. The summed E-state index contributed by atoms with van der Waals surface area (Å²) in [5.41, 5.74) is 1.71. The Morgan fingerprint density at radius 2 is 1.52 bits per heavy atom. The van der Waals surface area contributed by atoms with E-state index in [0.717, 1.165) is 16.9 Å². The van der Waals surface area contributed by atoms with Crippen molar-refractivity contribution in [1.82, 2.24) is 10.6 Å². The van der Waals surface area contributed by atoms with Gasteiger partial charge in [0.25, 0.3) is 0 Å². The molecule has 0 saturated carbocycles. The molecule has 0 aromatic heterocycles. The molecule has 0 radical (unpaired) electrons. The highest BCUT2D eigenvalue weighted by Crippen LogP contribution is 2.22. The number of carbonyl (C=O) groups is 1. The standard InChI is InChI=1S/C21H25F3N2O3/c1-4-19(16-7-9-17(28-3)10-8-16)26-20(27)25-14(2)15-5-11-18(12-6-15)29-13-21(22,23)24/h5-12,14,19H,4,13H2,1-3H3,(H2,25,26,27). The van der Waals surface area contributed by atoms with Crippen LogP contribution in [0.2, 0.25) is 0 Å². The van der Waals surface area contributed by atoms with Gasteiger partial charge < -0.3 is 20.1 Å². The summed E-state index contributed by atoms with van der Waals surface area (Å²) in [6.45, 7) is 2.42. The Bertz CT molecular complexity index is 777. The molecular weight excluding hydrogens is 385 g/mol. The van der Waals surface area contributed by atoms with Crippen molar-refractivity contribution in [2.24, 2.45) is 0 Å². The number of hydrogen-bond acceptors (Lipinski definition) is 3. The second kappa shape index (κ2) is 10.0. The Labute approximate surface area is 168 Å². The van der Waals surface area contributed by atoms with Crippen LogP contribution in [0.15, 0.2) is 48.5 Å². The number of ether oxygens (including phenoxy) is 2. The van der Waals surface area contributed by atoms with Crippen molar-refractivity contribution in [2.75, 3.05) is 13.7 Å². The Kier molecular flexibility index (Phi) is 7.75. The molecule has 0 saturated heterocycles. The molecule has 158 valence electrons. The first-order chi connectivity index (χ1) is 13.7. The van der Waals surface area contributed by atoms with Gasteiger partial charge >= 0.3 is 12.2 Å². The number of alkyl halides is 3. The lowest BCUT2D eigenvalue weighted by Crippen LogP contribution is -2.39. The van der Waals surface area contributed by atoms with E-state index in [2.05, 4.69) is 15.4 Å². The molecule has 0 fully saturated rings. The van der Waals surface area contributed by atoms with Gasteiger partial charge in [0, 0.05) is 0 Å². The highest BCUT2D eigenvalue weighted by molar-refractivity contribution is 5.75. The quantitative estimate of drug-likeness (QED) is 0.633. The van der Waals surface area contributed by atoms with Gasteiger partial charge in [0.05, 0.1) is 19.2 Å². The highest BCUT2D eigenvalue weighted by atomic mass is 19.4. The Morgan fingerprint density at radius 3 is 2.03 bits per heavy atom. The van der Waals surface area contributed by atoms with E-state index in [9.17, 15) is 18.0 Å². The normalized spacial score (nSPS) is 13.3. The van der Waals surface area contributed by atoms with Crippen LogP contribution in [0.4, 0.5) is 18.0 Å². The fraction of sp³-hybridized carbons (Fsp3) is 0.381. The van der Waals surface area contributed by atoms with Crippen LogP contribution >= 0.6 is 0 Å². The molecule has 2 rings (SSSR count). The summed E-state index contributed by atoms with van der Waals surface area (Å²) >= 11 is 0. The molecule has 0 heterocycles. The van der Waals surface area contributed by atoms with E-state index in [1.54, 1.807) is 26.2 Å². The predicted molar refractivity (Wildman–Crippen MR) is 104 cm³/mol. The van der Waals surface area contributed by atoms with Crippen molar-refractivity contribution in [3.05, 3.63) is 59.7 Å². The Hall–Kier alpha value is -2.90. The number of amides is 2. The predicted octanol–water partition coefficient (Wildman–Crippen LogP) is 5.15. The molecule has 2 aromatic carbocycles. The van der Waals surface area contributed by atoms with Crippen molar-refractivity contribution in [1.29, 1.82) is 0 Å². The number of nitrogens with one attached hydrogen (secondary N) is 2. The second-order valence-corrected chi connectivity index (χ2v) is 6.55. The summed E-state index contributed by atoms with van der Waals surface area (Å²) in [4.78, 5) is 12.4. The molecule has 8 heteroatoms. The van der Waals surface area contributed by atoms with E-state index in [0.29, 0.717) is 6.42 Å². The third kappa shape index (κ3) is 7.21. The third-order valence-corrected chi connectivity index (χ3v) is 4.36. The molecule has 2 amide bonds.